The van der Waals surface area contributed by atoms with Crippen molar-refractivity contribution in [2.24, 2.45) is 0 Å². The van der Waals surface area contributed by atoms with Crippen LogP contribution in [-0.2, 0) is 13.2 Å². The Balaban J connectivity index is 1.80. The maximum atomic E-state index is 12.4. The smallest absolute Gasteiger partial charge is 0.281 e. The summed E-state index contributed by atoms with van der Waals surface area (Å²) in [6, 6.07) is 16.6. The van der Waals surface area contributed by atoms with Crippen LogP contribution >= 0.6 is 15.9 Å². The fourth-order valence-corrected chi connectivity index (χ4v) is 2.94. The summed E-state index contributed by atoms with van der Waals surface area (Å²) < 4.78 is 18.0. The van der Waals surface area contributed by atoms with Gasteiger partial charge in [-0.15, -0.1) is 5.10 Å². The van der Waals surface area contributed by atoms with Crippen molar-refractivity contribution in [3.8, 4) is 17.4 Å². The van der Waals surface area contributed by atoms with Crippen molar-refractivity contribution in [3.05, 3.63) is 80.6 Å². The predicted molar refractivity (Wildman–Crippen MR) is 106 cm³/mol. The molecular formula is C20H19BrN2O4. The van der Waals surface area contributed by atoms with Crippen LogP contribution in [0.5, 0.6) is 17.4 Å². The molecule has 3 aromatic rings. The van der Waals surface area contributed by atoms with Crippen molar-refractivity contribution >= 4 is 15.9 Å². The Bertz CT molecular complexity index is 970. The van der Waals surface area contributed by atoms with Crippen LogP contribution in [-0.4, -0.2) is 24.0 Å². The first-order valence-corrected chi connectivity index (χ1v) is 9.05. The summed E-state index contributed by atoms with van der Waals surface area (Å²) in [5, 5.41) is 4.32. The summed E-state index contributed by atoms with van der Waals surface area (Å²) in [4.78, 5) is 12.4. The Kier molecular flexibility index (Phi) is 6.13. The third-order valence-electron chi connectivity index (χ3n) is 3.97. The molecule has 0 aliphatic rings. The number of hydrogen-bond donors (Lipinski definition) is 0. The molecule has 0 aliphatic heterocycles. The van der Waals surface area contributed by atoms with Crippen molar-refractivity contribution in [1.82, 2.24) is 9.78 Å². The van der Waals surface area contributed by atoms with Crippen LogP contribution in [0.25, 0.3) is 0 Å². The molecule has 2 aromatic carbocycles. The van der Waals surface area contributed by atoms with Crippen molar-refractivity contribution < 1.29 is 14.2 Å². The Hall–Kier alpha value is -2.80. The average molecular weight is 431 g/mol. The number of ether oxygens (including phenoxy) is 3. The molecule has 0 N–H and O–H groups in total. The lowest BCUT2D eigenvalue weighted by Gasteiger charge is -2.12. The highest BCUT2D eigenvalue weighted by Gasteiger charge is 2.10. The van der Waals surface area contributed by atoms with E-state index in [1.165, 1.54) is 4.68 Å². The van der Waals surface area contributed by atoms with Gasteiger partial charge in [0.05, 0.1) is 25.2 Å². The van der Waals surface area contributed by atoms with Crippen molar-refractivity contribution in [3.63, 3.8) is 0 Å². The molecule has 0 saturated carbocycles. The first kappa shape index (κ1) is 19.0. The maximum Gasteiger partial charge on any atom is 0.281 e. The molecule has 0 spiro atoms. The van der Waals surface area contributed by atoms with Gasteiger partial charge in [-0.2, -0.15) is 0 Å². The Labute approximate surface area is 165 Å². The second-order valence-electron chi connectivity index (χ2n) is 5.74. The SMILES string of the molecule is COc1ccc(COc2cc(Br)c(=O)n(Cc3ccccc3OC)n2)cc1. The number of hydrogen-bond acceptors (Lipinski definition) is 5. The Morgan fingerprint density at radius 3 is 2.48 bits per heavy atom. The summed E-state index contributed by atoms with van der Waals surface area (Å²) in [5.74, 6) is 1.84. The van der Waals surface area contributed by atoms with Gasteiger partial charge in [0.15, 0.2) is 0 Å². The number of nitrogens with zero attached hydrogens (tertiary/aromatic N) is 2. The molecule has 6 nitrogen and oxygen atoms in total. The summed E-state index contributed by atoms with van der Waals surface area (Å²) in [5.41, 5.74) is 1.59. The fourth-order valence-electron chi connectivity index (χ4n) is 2.54. The molecule has 0 radical (unpaired) electrons. The molecule has 0 bridgehead atoms. The number of aromatic nitrogens is 2. The van der Waals surface area contributed by atoms with Gasteiger partial charge in [-0.3, -0.25) is 4.79 Å². The molecule has 0 aliphatic carbocycles. The first-order valence-electron chi connectivity index (χ1n) is 8.26. The number of rotatable bonds is 7. The van der Waals surface area contributed by atoms with E-state index in [2.05, 4.69) is 21.0 Å². The van der Waals surface area contributed by atoms with Crippen molar-refractivity contribution in [1.29, 1.82) is 0 Å². The first-order chi connectivity index (χ1) is 13.1. The number of halogens is 1. The monoisotopic (exact) mass is 430 g/mol. The molecule has 27 heavy (non-hydrogen) atoms. The third kappa shape index (κ3) is 4.68. The second kappa shape index (κ2) is 8.73. The molecule has 0 atom stereocenters. The standard InChI is InChI=1S/C20H19BrN2O4/c1-25-16-9-7-14(8-10-16)13-27-19-11-17(21)20(24)23(22-19)12-15-5-3-4-6-18(15)26-2/h3-11H,12-13H2,1-2H3. The molecule has 3 rings (SSSR count). The Morgan fingerprint density at radius 1 is 1.04 bits per heavy atom. The molecule has 1 aromatic heterocycles. The van der Waals surface area contributed by atoms with Crippen molar-refractivity contribution in [2.45, 2.75) is 13.2 Å². The highest BCUT2D eigenvalue weighted by molar-refractivity contribution is 9.10. The van der Waals surface area contributed by atoms with Gasteiger partial charge in [-0.25, -0.2) is 4.68 Å². The lowest BCUT2D eigenvalue weighted by Crippen LogP contribution is -2.24. The quantitative estimate of drug-likeness (QED) is 0.572. The van der Waals surface area contributed by atoms with E-state index in [1.807, 2.05) is 48.5 Å². The fraction of sp³-hybridized carbons (Fsp3) is 0.200. The van der Waals surface area contributed by atoms with Crippen LogP contribution in [0.3, 0.4) is 0 Å². The molecular weight excluding hydrogens is 412 g/mol. The average Bonchev–Trinajstić information content (AvgIpc) is 2.70. The van der Waals surface area contributed by atoms with Gasteiger partial charge >= 0.3 is 0 Å². The topological polar surface area (TPSA) is 62.6 Å². The minimum Gasteiger partial charge on any atom is -0.497 e. The molecule has 140 valence electrons. The van der Waals surface area contributed by atoms with E-state index in [-0.39, 0.29) is 12.1 Å². The van der Waals surface area contributed by atoms with Crippen LogP contribution < -0.4 is 19.8 Å². The normalized spacial score (nSPS) is 10.5. The summed E-state index contributed by atoms with van der Waals surface area (Å²) in [7, 11) is 3.22. The maximum absolute atomic E-state index is 12.4. The molecule has 7 heteroatoms. The van der Waals surface area contributed by atoms with Crippen LogP contribution in [0.15, 0.2) is 63.9 Å². The van der Waals surface area contributed by atoms with E-state index < -0.39 is 0 Å². The summed E-state index contributed by atoms with van der Waals surface area (Å²) in [6.07, 6.45) is 0. The minimum absolute atomic E-state index is 0.238. The van der Waals surface area contributed by atoms with Crippen LogP contribution in [0.2, 0.25) is 0 Å². The zero-order chi connectivity index (χ0) is 19.2. The van der Waals surface area contributed by atoms with E-state index in [0.717, 1.165) is 16.9 Å². The summed E-state index contributed by atoms with van der Waals surface area (Å²) >= 11 is 3.29. The van der Waals surface area contributed by atoms with Gasteiger partial charge in [0.1, 0.15) is 18.1 Å². The Morgan fingerprint density at radius 2 is 1.78 bits per heavy atom. The highest BCUT2D eigenvalue weighted by atomic mass is 79.9. The van der Waals surface area contributed by atoms with Crippen LogP contribution in [0, 0.1) is 0 Å². The summed E-state index contributed by atoms with van der Waals surface area (Å²) in [6.45, 7) is 0.609. The molecule has 1 heterocycles. The van der Waals surface area contributed by atoms with E-state index in [1.54, 1.807) is 20.3 Å². The van der Waals surface area contributed by atoms with Gasteiger partial charge in [-0.05, 0) is 39.7 Å². The van der Waals surface area contributed by atoms with E-state index >= 15 is 0 Å². The van der Waals surface area contributed by atoms with E-state index in [4.69, 9.17) is 14.2 Å². The van der Waals surface area contributed by atoms with Gasteiger partial charge in [0.25, 0.3) is 5.56 Å². The number of para-hydroxylation sites is 1. The molecule has 0 amide bonds. The van der Waals surface area contributed by atoms with Gasteiger partial charge in [0, 0.05) is 11.6 Å². The molecule has 0 saturated heterocycles. The van der Waals surface area contributed by atoms with Crippen molar-refractivity contribution in [2.75, 3.05) is 14.2 Å². The lowest BCUT2D eigenvalue weighted by atomic mass is 10.2. The van der Waals surface area contributed by atoms with Crippen LogP contribution in [0.4, 0.5) is 0 Å². The third-order valence-corrected chi connectivity index (χ3v) is 4.53. The lowest BCUT2D eigenvalue weighted by molar-refractivity contribution is 0.283. The predicted octanol–water partition coefficient (Wildman–Crippen LogP) is 3.65. The number of methoxy groups -OCH3 is 2. The van der Waals surface area contributed by atoms with E-state index in [0.29, 0.717) is 22.7 Å². The van der Waals surface area contributed by atoms with Gasteiger partial charge < -0.3 is 14.2 Å². The minimum atomic E-state index is -0.238. The number of benzene rings is 2. The van der Waals surface area contributed by atoms with Gasteiger partial charge in [0.2, 0.25) is 5.88 Å². The molecule has 0 fully saturated rings. The van der Waals surface area contributed by atoms with E-state index in [9.17, 15) is 4.79 Å². The zero-order valence-electron chi connectivity index (χ0n) is 15.0. The largest absolute Gasteiger partial charge is 0.497 e. The second-order valence-corrected chi connectivity index (χ2v) is 6.60. The van der Waals surface area contributed by atoms with Crippen LogP contribution in [0.1, 0.15) is 11.1 Å². The zero-order valence-corrected chi connectivity index (χ0v) is 16.6. The molecule has 0 unspecified atom stereocenters. The van der Waals surface area contributed by atoms with Gasteiger partial charge in [-0.1, -0.05) is 30.3 Å². The highest BCUT2D eigenvalue weighted by Crippen LogP contribution is 2.19.